The number of aromatic nitrogens is 2. The van der Waals surface area contributed by atoms with Crippen molar-refractivity contribution in [3.05, 3.63) is 44.7 Å². The van der Waals surface area contributed by atoms with Gasteiger partial charge in [-0.25, -0.2) is 4.98 Å². The Morgan fingerprint density at radius 2 is 2.04 bits per heavy atom. The number of carbonyl (C=O) groups excluding carboxylic acids is 1. The van der Waals surface area contributed by atoms with Gasteiger partial charge in [0.25, 0.3) is 11.5 Å². The van der Waals surface area contributed by atoms with Crippen molar-refractivity contribution in [1.82, 2.24) is 14.3 Å². The number of thioether (sulfide) groups is 1. The largest absolute Gasteiger partial charge is 0.370 e. The Balaban J connectivity index is 2.04. The van der Waals surface area contributed by atoms with E-state index in [2.05, 4.69) is 17.2 Å². The van der Waals surface area contributed by atoms with Crippen LogP contribution in [0.3, 0.4) is 0 Å². The number of hydrogen-bond donors (Lipinski definition) is 1. The van der Waals surface area contributed by atoms with Crippen molar-refractivity contribution in [3.8, 4) is 0 Å². The second kappa shape index (κ2) is 8.87. The van der Waals surface area contributed by atoms with Gasteiger partial charge >= 0.3 is 0 Å². The second-order valence-corrected chi connectivity index (χ2v) is 8.36. The minimum atomic E-state index is -0.207. The van der Waals surface area contributed by atoms with E-state index in [9.17, 15) is 9.59 Å². The first-order valence-electron chi connectivity index (χ1n) is 9.48. The van der Waals surface area contributed by atoms with Crippen molar-refractivity contribution in [1.29, 1.82) is 0 Å². The highest BCUT2D eigenvalue weighted by molar-refractivity contribution is 8.26. The lowest BCUT2D eigenvalue weighted by atomic mass is 10.2. The molecule has 3 rings (SSSR count). The molecule has 1 N–H and O–H groups in total. The highest BCUT2D eigenvalue weighted by Crippen LogP contribution is 2.33. The average molecular weight is 417 g/mol. The number of unbranched alkanes of at least 4 members (excludes halogenated alkanes) is 2. The van der Waals surface area contributed by atoms with E-state index in [1.54, 1.807) is 17.2 Å². The van der Waals surface area contributed by atoms with Crippen LogP contribution in [-0.4, -0.2) is 37.6 Å². The van der Waals surface area contributed by atoms with E-state index in [-0.39, 0.29) is 11.5 Å². The van der Waals surface area contributed by atoms with Gasteiger partial charge in [0, 0.05) is 19.3 Å². The molecule has 1 saturated heterocycles. The first kappa shape index (κ1) is 20.5. The number of amides is 1. The maximum atomic E-state index is 13.1. The standard InChI is InChI=1S/C20H24N4O2S2/c1-4-6-7-10-23-19(26)15(28-20(23)27)11-14-17(21-5-2)22-16-9-8-13(3)12-24(16)18(14)25/h8-9,11-12,21H,4-7,10H2,1-3H3. The topological polar surface area (TPSA) is 66.7 Å². The quantitative estimate of drug-likeness (QED) is 0.420. The van der Waals surface area contributed by atoms with Crippen LogP contribution in [-0.2, 0) is 4.79 Å². The van der Waals surface area contributed by atoms with E-state index < -0.39 is 0 Å². The lowest BCUT2D eigenvalue weighted by Gasteiger charge is -2.13. The lowest BCUT2D eigenvalue weighted by Crippen LogP contribution is -2.29. The minimum absolute atomic E-state index is 0.137. The zero-order valence-corrected chi connectivity index (χ0v) is 18.0. The molecule has 0 atom stereocenters. The van der Waals surface area contributed by atoms with Gasteiger partial charge in [-0.05, 0) is 38.0 Å². The first-order chi connectivity index (χ1) is 13.5. The zero-order valence-electron chi connectivity index (χ0n) is 16.3. The molecule has 0 unspecified atom stereocenters. The smallest absolute Gasteiger partial charge is 0.267 e. The number of nitrogens with one attached hydrogen (secondary N) is 1. The molecule has 6 nitrogen and oxygen atoms in total. The van der Waals surface area contributed by atoms with E-state index in [1.165, 1.54) is 16.2 Å². The number of hydrogen-bond acceptors (Lipinski definition) is 6. The van der Waals surface area contributed by atoms with Crippen molar-refractivity contribution in [3.63, 3.8) is 0 Å². The van der Waals surface area contributed by atoms with Crippen molar-refractivity contribution in [2.45, 2.75) is 40.0 Å². The number of pyridine rings is 1. The fourth-order valence-corrected chi connectivity index (χ4v) is 4.33. The molecule has 0 radical (unpaired) electrons. The fourth-order valence-electron chi connectivity index (χ4n) is 3.03. The molecule has 2 aromatic heterocycles. The zero-order chi connectivity index (χ0) is 20.3. The minimum Gasteiger partial charge on any atom is -0.370 e. The van der Waals surface area contributed by atoms with Crippen LogP contribution in [0.4, 0.5) is 5.82 Å². The molecule has 1 amide bonds. The number of aryl methyl sites for hydroxylation is 1. The highest BCUT2D eigenvalue weighted by Gasteiger charge is 2.32. The van der Waals surface area contributed by atoms with Gasteiger partial charge in [0.15, 0.2) is 0 Å². The number of thiocarbonyl (C=S) groups is 1. The summed E-state index contributed by atoms with van der Waals surface area (Å²) in [6, 6.07) is 3.73. The molecule has 2 aromatic rings. The summed E-state index contributed by atoms with van der Waals surface area (Å²) in [5.74, 6) is 0.342. The Labute approximate surface area is 174 Å². The molecule has 28 heavy (non-hydrogen) atoms. The molecule has 3 heterocycles. The van der Waals surface area contributed by atoms with Gasteiger partial charge in [-0.2, -0.15) is 0 Å². The van der Waals surface area contributed by atoms with Gasteiger partial charge in [0.05, 0.1) is 10.5 Å². The molecule has 8 heteroatoms. The summed E-state index contributed by atoms with van der Waals surface area (Å²) in [6.07, 6.45) is 6.43. The Hall–Kier alpha value is -2.19. The van der Waals surface area contributed by atoms with Crippen LogP contribution in [0.1, 0.15) is 44.2 Å². The number of carbonyl (C=O) groups is 1. The summed E-state index contributed by atoms with van der Waals surface area (Å²) in [6.45, 7) is 7.21. The van der Waals surface area contributed by atoms with Gasteiger partial charge in [-0.15, -0.1) is 0 Å². The van der Waals surface area contributed by atoms with Crippen LogP contribution in [0.2, 0.25) is 0 Å². The van der Waals surface area contributed by atoms with Crippen LogP contribution in [0, 0.1) is 6.92 Å². The number of nitrogens with zero attached hydrogens (tertiary/aromatic N) is 3. The van der Waals surface area contributed by atoms with E-state index in [0.29, 0.717) is 39.3 Å². The highest BCUT2D eigenvalue weighted by atomic mass is 32.2. The van der Waals surface area contributed by atoms with Crippen LogP contribution in [0.25, 0.3) is 11.7 Å². The van der Waals surface area contributed by atoms with Crippen molar-refractivity contribution in [2.24, 2.45) is 0 Å². The van der Waals surface area contributed by atoms with Crippen molar-refractivity contribution < 1.29 is 4.79 Å². The van der Waals surface area contributed by atoms with Gasteiger partial charge in [0.1, 0.15) is 15.8 Å². The van der Waals surface area contributed by atoms with Crippen LogP contribution < -0.4 is 10.9 Å². The molecule has 0 saturated carbocycles. The van der Waals surface area contributed by atoms with Gasteiger partial charge < -0.3 is 5.32 Å². The van der Waals surface area contributed by atoms with E-state index in [1.807, 2.05) is 26.0 Å². The number of anilines is 1. The van der Waals surface area contributed by atoms with Gasteiger partial charge in [-0.1, -0.05) is 49.8 Å². The summed E-state index contributed by atoms with van der Waals surface area (Å²) >= 11 is 6.63. The predicted octanol–water partition coefficient (Wildman–Crippen LogP) is 3.83. The van der Waals surface area contributed by atoms with Crippen molar-refractivity contribution in [2.75, 3.05) is 18.4 Å². The summed E-state index contributed by atoms with van der Waals surface area (Å²) in [5, 5.41) is 3.14. The maximum absolute atomic E-state index is 13.1. The molecule has 0 aliphatic carbocycles. The van der Waals surface area contributed by atoms with Crippen LogP contribution in [0.15, 0.2) is 28.0 Å². The molecule has 0 aromatic carbocycles. The van der Waals surface area contributed by atoms with Crippen LogP contribution in [0.5, 0.6) is 0 Å². The fraction of sp³-hybridized carbons (Fsp3) is 0.400. The first-order valence-corrected chi connectivity index (χ1v) is 10.7. The average Bonchev–Trinajstić information content (AvgIpc) is 2.93. The third kappa shape index (κ3) is 4.12. The summed E-state index contributed by atoms with van der Waals surface area (Å²) in [7, 11) is 0. The van der Waals surface area contributed by atoms with E-state index in [0.717, 1.165) is 24.8 Å². The summed E-state index contributed by atoms with van der Waals surface area (Å²) in [5.41, 5.74) is 1.69. The third-order valence-electron chi connectivity index (χ3n) is 4.48. The van der Waals surface area contributed by atoms with Gasteiger partial charge in [-0.3, -0.25) is 18.9 Å². The SMILES string of the molecule is CCCCCN1C(=O)C(=Cc2c(NCC)nc3ccc(C)cn3c2=O)SC1=S. The van der Waals surface area contributed by atoms with Crippen molar-refractivity contribution >= 4 is 51.7 Å². The van der Waals surface area contributed by atoms with E-state index in [4.69, 9.17) is 12.2 Å². The molecular formula is C20H24N4O2S2. The third-order valence-corrected chi connectivity index (χ3v) is 5.86. The number of rotatable bonds is 7. The normalized spacial score (nSPS) is 15.8. The predicted molar refractivity (Wildman–Crippen MR) is 120 cm³/mol. The second-order valence-electron chi connectivity index (χ2n) is 6.68. The molecule has 0 spiro atoms. The molecular weight excluding hydrogens is 392 g/mol. The molecule has 1 aliphatic heterocycles. The molecule has 1 aliphatic rings. The lowest BCUT2D eigenvalue weighted by molar-refractivity contribution is -0.122. The number of fused-ring (bicyclic) bond motifs is 1. The maximum Gasteiger partial charge on any atom is 0.267 e. The molecule has 1 fully saturated rings. The van der Waals surface area contributed by atoms with Crippen LogP contribution >= 0.6 is 24.0 Å². The Bertz CT molecular complexity index is 1010. The molecule has 148 valence electrons. The van der Waals surface area contributed by atoms with Gasteiger partial charge in [0.2, 0.25) is 0 Å². The van der Waals surface area contributed by atoms with E-state index >= 15 is 0 Å². The Morgan fingerprint density at radius 3 is 2.75 bits per heavy atom. The Kier molecular flexibility index (Phi) is 6.51. The summed E-state index contributed by atoms with van der Waals surface area (Å²) < 4.78 is 2.06. The Morgan fingerprint density at radius 1 is 1.25 bits per heavy atom. The monoisotopic (exact) mass is 416 g/mol. The molecule has 0 bridgehead atoms. The summed E-state index contributed by atoms with van der Waals surface area (Å²) in [4.78, 5) is 32.6.